The fraction of sp³-hybridized carbons (Fsp3) is 0.250. The molecule has 1 N–H and O–H groups in total. The number of carbonyl (C=O) groups excluding carboxylic acids is 1. The van der Waals surface area contributed by atoms with Crippen molar-refractivity contribution in [2.75, 3.05) is 20.2 Å². The van der Waals surface area contributed by atoms with Gasteiger partial charge in [-0.1, -0.05) is 18.7 Å². The van der Waals surface area contributed by atoms with E-state index in [0.29, 0.717) is 23.7 Å². The first-order valence-electron chi connectivity index (χ1n) is 5.11. The number of nitrogens with one attached hydrogen (secondary N) is 1. The molecule has 0 saturated carbocycles. The third kappa shape index (κ3) is 1.74. The average Bonchev–Trinajstić information content (AvgIpc) is 2.74. The van der Waals surface area contributed by atoms with Crippen LogP contribution in [0.3, 0.4) is 0 Å². The molecular weight excluding hydrogens is 204 g/mol. The van der Waals surface area contributed by atoms with E-state index in [0.717, 1.165) is 6.54 Å². The van der Waals surface area contributed by atoms with Crippen LogP contribution in [0, 0.1) is 0 Å². The summed E-state index contributed by atoms with van der Waals surface area (Å²) in [6, 6.07) is 7.20. The van der Waals surface area contributed by atoms with Crippen molar-refractivity contribution < 1.29 is 9.53 Å². The summed E-state index contributed by atoms with van der Waals surface area (Å²) in [5, 5.41) is 3.03. The Morgan fingerprint density at radius 1 is 1.50 bits per heavy atom. The monoisotopic (exact) mass is 218 g/mol. The molecule has 0 atom stereocenters. The highest BCUT2D eigenvalue weighted by atomic mass is 16.5. The minimum Gasteiger partial charge on any atom is -0.496 e. The van der Waals surface area contributed by atoms with E-state index >= 15 is 0 Å². The Kier molecular flexibility index (Phi) is 2.81. The van der Waals surface area contributed by atoms with Gasteiger partial charge in [0.1, 0.15) is 11.6 Å². The second kappa shape index (κ2) is 4.26. The molecule has 84 valence electrons. The van der Waals surface area contributed by atoms with Crippen LogP contribution in [0.1, 0.15) is 10.4 Å². The number of nitrogens with zero attached hydrogens (tertiary/aromatic N) is 1. The van der Waals surface area contributed by atoms with Gasteiger partial charge in [-0.15, -0.1) is 0 Å². The molecule has 1 saturated heterocycles. The number of rotatable bonds is 2. The maximum absolute atomic E-state index is 12.2. The van der Waals surface area contributed by atoms with Crippen LogP contribution >= 0.6 is 0 Å². The number of carbonyl (C=O) groups is 1. The molecule has 1 fully saturated rings. The lowest BCUT2D eigenvalue weighted by atomic mass is 10.2. The van der Waals surface area contributed by atoms with Crippen molar-refractivity contribution >= 4 is 5.91 Å². The van der Waals surface area contributed by atoms with E-state index < -0.39 is 0 Å². The molecule has 4 nitrogen and oxygen atoms in total. The normalized spacial score (nSPS) is 14.8. The standard InChI is InChI=1S/C12H14N2O2/c1-9-13-7-8-14(9)12(15)10-5-3-4-6-11(10)16-2/h3-6,13H,1,7-8H2,2H3. The van der Waals surface area contributed by atoms with Crippen molar-refractivity contribution in [1.29, 1.82) is 0 Å². The Hall–Kier alpha value is -1.97. The third-order valence-corrected chi connectivity index (χ3v) is 2.57. The fourth-order valence-corrected chi connectivity index (χ4v) is 1.73. The van der Waals surface area contributed by atoms with Gasteiger partial charge in [-0.25, -0.2) is 0 Å². The van der Waals surface area contributed by atoms with Crippen molar-refractivity contribution in [3.8, 4) is 5.75 Å². The smallest absolute Gasteiger partial charge is 0.263 e. The molecule has 0 spiro atoms. The Morgan fingerprint density at radius 2 is 2.25 bits per heavy atom. The van der Waals surface area contributed by atoms with Crippen molar-refractivity contribution in [3.05, 3.63) is 42.2 Å². The predicted octanol–water partition coefficient (Wildman–Crippen LogP) is 1.21. The number of amides is 1. The Labute approximate surface area is 94.5 Å². The summed E-state index contributed by atoms with van der Waals surface area (Å²) in [4.78, 5) is 13.8. The maximum Gasteiger partial charge on any atom is 0.263 e. The summed E-state index contributed by atoms with van der Waals surface area (Å²) >= 11 is 0. The van der Waals surface area contributed by atoms with Gasteiger partial charge in [0.15, 0.2) is 0 Å². The van der Waals surface area contributed by atoms with Crippen LogP contribution in [0.4, 0.5) is 0 Å². The number of benzene rings is 1. The zero-order chi connectivity index (χ0) is 11.5. The maximum atomic E-state index is 12.2. The molecule has 1 aliphatic rings. The van der Waals surface area contributed by atoms with Gasteiger partial charge in [-0.2, -0.15) is 0 Å². The van der Waals surface area contributed by atoms with E-state index in [4.69, 9.17) is 4.74 Å². The minimum atomic E-state index is -0.0764. The van der Waals surface area contributed by atoms with Gasteiger partial charge >= 0.3 is 0 Å². The van der Waals surface area contributed by atoms with E-state index in [2.05, 4.69) is 11.9 Å². The average molecular weight is 218 g/mol. The predicted molar refractivity (Wildman–Crippen MR) is 61.2 cm³/mol. The first-order chi connectivity index (χ1) is 7.74. The lowest BCUT2D eigenvalue weighted by Gasteiger charge is -2.17. The van der Waals surface area contributed by atoms with Gasteiger partial charge in [-0.3, -0.25) is 9.69 Å². The molecule has 1 heterocycles. The lowest BCUT2D eigenvalue weighted by Crippen LogP contribution is -2.27. The van der Waals surface area contributed by atoms with Crippen molar-refractivity contribution in [2.45, 2.75) is 0 Å². The molecule has 1 aromatic rings. The number of hydrogen-bond acceptors (Lipinski definition) is 3. The Balaban J connectivity index is 2.30. The molecular formula is C12H14N2O2. The highest BCUT2D eigenvalue weighted by Crippen LogP contribution is 2.21. The van der Waals surface area contributed by atoms with Crippen molar-refractivity contribution in [2.24, 2.45) is 0 Å². The quantitative estimate of drug-likeness (QED) is 0.811. The largest absolute Gasteiger partial charge is 0.496 e. The van der Waals surface area contributed by atoms with Gasteiger partial charge in [0.05, 0.1) is 12.7 Å². The summed E-state index contributed by atoms with van der Waals surface area (Å²) < 4.78 is 5.16. The second-order valence-corrected chi connectivity index (χ2v) is 3.53. The van der Waals surface area contributed by atoms with Crippen LogP contribution < -0.4 is 10.1 Å². The number of ether oxygens (including phenoxy) is 1. The van der Waals surface area contributed by atoms with E-state index in [1.807, 2.05) is 12.1 Å². The summed E-state index contributed by atoms with van der Waals surface area (Å²) in [7, 11) is 1.56. The lowest BCUT2D eigenvalue weighted by molar-refractivity contribution is 0.0823. The molecule has 0 aromatic heterocycles. The van der Waals surface area contributed by atoms with Crippen molar-refractivity contribution in [1.82, 2.24) is 10.2 Å². The Morgan fingerprint density at radius 3 is 2.88 bits per heavy atom. The molecule has 4 heteroatoms. The summed E-state index contributed by atoms with van der Waals surface area (Å²) in [6.45, 7) is 5.19. The zero-order valence-corrected chi connectivity index (χ0v) is 9.19. The topological polar surface area (TPSA) is 41.6 Å². The fourth-order valence-electron chi connectivity index (χ4n) is 1.73. The van der Waals surface area contributed by atoms with E-state index in [1.54, 1.807) is 24.1 Å². The summed E-state index contributed by atoms with van der Waals surface area (Å²) in [6.07, 6.45) is 0. The molecule has 0 aliphatic carbocycles. The molecule has 0 bridgehead atoms. The molecule has 1 aromatic carbocycles. The molecule has 0 unspecified atom stereocenters. The van der Waals surface area contributed by atoms with E-state index in [-0.39, 0.29) is 5.91 Å². The molecule has 1 aliphatic heterocycles. The van der Waals surface area contributed by atoms with Crippen LogP contribution in [-0.2, 0) is 0 Å². The van der Waals surface area contributed by atoms with Gasteiger partial charge in [0, 0.05) is 13.1 Å². The van der Waals surface area contributed by atoms with Crippen molar-refractivity contribution in [3.63, 3.8) is 0 Å². The van der Waals surface area contributed by atoms with Gasteiger partial charge < -0.3 is 10.1 Å². The summed E-state index contributed by atoms with van der Waals surface area (Å²) in [5.74, 6) is 1.16. The Bertz CT molecular complexity index is 429. The SMILES string of the molecule is C=C1NCCN1C(=O)c1ccccc1OC. The highest BCUT2D eigenvalue weighted by molar-refractivity contribution is 5.98. The summed E-state index contributed by atoms with van der Waals surface area (Å²) in [5.41, 5.74) is 0.565. The van der Waals surface area contributed by atoms with Crippen LogP contribution in [0.2, 0.25) is 0 Å². The number of hydrogen-bond donors (Lipinski definition) is 1. The first-order valence-corrected chi connectivity index (χ1v) is 5.11. The minimum absolute atomic E-state index is 0.0764. The van der Waals surface area contributed by atoms with Crippen LogP contribution in [0.5, 0.6) is 5.75 Å². The van der Waals surface area contributed by atoms with Crippen LogP contribution in [0.15, 0.2) is 36.7 Å². The zero-order valence-electron chi connectivity index (χ0n) is 9.19. The number of methoxy groups -OCH3 is 1. The van der Waals surface area contributed by atoms with Gasteiger partial charge in [-0.05, 0) is 12.1 Å². The third-order valence-electron chi connectivity index (χ3n) is 2.57. The first kappa shape index (κ1) is 10.5. The molecule has 1 amide bonds. The van der Waals surface area contributed by atoms with E-state index in [1.165, 1.54) is 0 Å². The molecule has 2 rings (SSSR count). The van der Waals surface area contributed by atoms with Crippen LogP contribution in [0.25, 0.3) is 0 Å². The van der Waals surface area contributed by atoms with E-state index in [9.17, 15) is 4.79 Å². The molecule has 0 radical (unpaired) electrons. The number of para-hydroxylation sites is 1. The highest BCUT2D eigenvalue weighted by Gasteiger charge is 2.24. The van der Waals surface area contributed by atoms with Crippen LogP contribution in [-0.4, -0.2) is 31.0 Å². The van der Waals surface area contributed by atoms with Gasteiger partial charge in [0.2, 0.25) is 0 Å². The van der Waals surface area contributed by atoms with Gasteiger partial charge in [0.25, 0.3) is 5.91 Å². The second-order valence-electron chi connectivity index (χ2n) is 3.53. The molecule has 16 heavy (non-hydrogen) atoms.